The largest absolute Gasteiger partial charge is 0.497 e. The second-order valence-corrected chi connectivity index (χ2v) is 7.32. The summed E-state index contributed by atoms with van der Waals surface area (Å²) in [6.45, 7) is 7.87. The highest BCUT2D eigenvalue weighted by Gasteiger charge is 2.28. The number of hydrogen-bond donors (Lipinski definition) is 1. The zero-order valence-corrected chi connectivity index (χ0v) is 16.3. The molecule has 148 valence electrons. The van der Waals surface area contributed by atoms with Gasteiger partial charge in [-0.2, -0.15) is 0 Å². The third-order valence-electron chi connectivity index (χ3n) is 5.47. The van der Waals surface area contributed by atoms with E-state index in [0.717, 1.165) is 37.4 Å². The van der Waals surface area contributed by atoms with E-state index in [1.807, 2.05) is 24.3 Å². The Morgan fingerprint density at radius 3 is 2.85 bits per heavy atom. The van der Waals surface area contributed by atoms with Crippen molar-refractivity contribution in [1.29, 1.82) is 0 Å². The van der Waals surface area contributed by atoms with Crippen LogP contribution in [0.4, 0.5) is 4.79 Å². The number of amides is 3. The first-order valence-electron chi connectivity index (χ1n) is 9.75. The van der Waals surface area contributed by atoms with Crippen LogP contribution >= 0.6 is 0 Å². The smallest absolute Gasteiger partial charge is 0.317 e. The molecule has 7 heteroatoms. The molecule has 1 aromatic carbocycles. The molecule has 2 aliphatic heterocycles. The molecular formula is C20H30N4O3. The van der Waals surface area contributed by atoms with E-state index in [0.29, 0.717) is 32.1 Å². The number of nitrogens with zero attached hydrogens (tertiary/aromatic N) is 3. The fourth-order valence-electron chi connectivity index (χ4n) is 3.75. The molecule has 3 amide bonds. The van der Waals surface area contributed by atoms with Gasteiger partial charge in [-0.25, -0.2) is 4.79 Å². The lowest BCUT2D eigenvalue weighted by molar-refractivity contribution is -0.135. The van der Waals surface area contributed by atoms with Gasteiger partial charge in [-0.3, -0.25) is 4.79 Å². The Morgan fingerprint density at radius 1 is 1.30 bits per heavy atom. The van der Waals surface area contributed by atoms with E-state index in [1.54, 1.807) is 16.9 Å². The molecule has 1 unspecified atom stereocenters. The monoisotopic (exact) mass is 374 g/mol. The summed E-state index contributed by atoms with van der Waals surface area (Å²) >= 11 is 0. The quantitative estimate of drug-likeness (QED) is 0.817. The van der Waals surface area contributed by atoms with Gasteiger partial charge < -0.3 is 24.8 Å². The molecular weight excluding hydrogens is 344 g/mol. The molecule has 0 radical (unpaired) electrons. The first-order chi connectivity index (χ1) is 13.1. The van der Waals surface area contributed by atoms with Crippen LogP contribution in [0.3, 0.4) is 0 Å². The third kappa shape index (κ3) is 5.13. The van der Waals surface area contributed by atoms with Crippen LogP contribution in [0.25, 0.3) is 0 Å². The lowest BCUT2D eigenvalue weighted by Gasteiger charge is -2.34. The molecule has 0 aromatic heterocycles. The molecule has 7 nitrogen and oxygen atoms in total. The number of carbonyl (C=O) groups excluding carboxylic acids is 2. The maximum absolute atomic E-state index is 12.5. The minimum Gasteiger partial charge on any atom is -0.497 e. The van der Waals surface area contributed by atoms with Crippen molar-refractivity contribution >= 4 is 11.9 Å². The van der Waals surface area contributed by atoms with Crippen LogP contribution in [0.15, 0.2) is 24.3 Å². The normalized spacial score (nSPS) is 20.8. The number of likely N-dealkylation sites (tertiary alicyclic amines) is 1. The van der Waals surface area contributed by atoms with E-state index in [1.165, 1.54) is 0 Å². The zero-order valence-electron chi connectivity index (χ0n) is 16.3. The van der Waals surface area contributed by atoms with E-state index in [9.17, 15) is 9.59 Å². The van der Waals surface area contributed by atoms with E-state index < -0.39 is 0 Å². The number of nitrogens with one attached hydrogen (secondary N) is 1. The van der Waals surface area contributed by atoms with Crippen molar-refractivity contribution in [2.45, 2.75) is 19.9 Å². The van der Waals surface area contributed by atoms with E-state index in [-0.39, 0.29) is 18.5 Å². The Kier molecular flexibility index (Phi) is 6.55. The molecule has 0 spiro atoms. The van der Waals surface area contributed by atoms with Crippen molar-refractivity contribution in [3.63, 3.8) is 0 Å². The maximum atomic E-state index is 12.5. The lowest BCUT2D eigenvalue weighted by atomic mass is 10.1. The van der Waals surface area contributed by atoms with Crippen molar-refractivity contribution in [1.82, 2.24) is 20.0 Å². The van der Waals surface area contributed by atoms with E-state index in [4.69, 9.17) is 4.74 Å². The number of benzene rings is 1. The molecule has 1 N–H and O–H groups in total. The SMILES string of the molecule is CCN1CCC(CNC(=O)N2CCN(Cc3cccc(OC)c3)C(=O)C2)C1. The molecule has 2 saturated heterocycles. The van der Waals surface area contributed by atoms with Gasteiger partial charge in [0.2, 0.25) is 5.91 Å². The fourth-order valence-corrected chi connectivity index (χ4v) is 3.75. The summed E-state index contributed by atoms with van der Waals surface area (Å²) in [5.74, 6) is 1.28. The Bertz CT molecular complexity index is 666. The summed E-state index contributed by atoms with van der Waals surface area (Å²) in [7, 11) is 1.63. The minimum atomic E-state index is -0.126. The molecule has 2 heterocycles. The van der Waals surface area contributed by atoms with Crippen molar-refractivity contribution in [2.24, 2.45) is 5.92 Å². The predicted octanol–water partition coefficient (Wildman–Crippen LogP) is 1.39. The summed E-state index contributed by atoms with van der Waals surface area (Å²) in [6, 6.07) is 7.60. The summed E-state index contributed by atoms with van der Waals surface area (Å²) in [5.41, 5.74) is 1.03. The molecule has 0 aliphatic carbocycles. The molecule has 0 saturated carbocycles. The van der Waals surface area contributed by atoms with Gasteiger partial charge in [-0.1, -0.05) is 19.1 Å². The number of hydrogen-bond acceptors (Lipinski definition) is 4. The number of rotatable bonds is 6. The minimum absolute atomic E-state index is 0.0164. The Morgan fingerprint density at radius 2 is 2.15 bits per heavy atom. The molecule has 2 fully saturated rings. The summed E-state index contributed by atoms with van der Waals surface area (Å²) in [6.07, 6.45) is 1.13. The average Bonchev–Trinajstić information content (AvgIpc) is 3.16. The van der Waals surface area contributed by atoms with E-state index in [2.05, 4.69) is 17.1 Å². The topological polar surface area (TPSA) is 65.1 Å². The summed E-state index contributed by atoms with van der Waals surface area (Å²) in [4.78, 5) is 30.7. The molecule has 3 rings (SSSR count). The van der Waals surface area contributed by atoms with Crippen molar-refractivity contribution in [3.05, 3.63) is 29.8 Å². The van der Waals surface area contributed by atoms with Gasteiger partial charge in [0, 0.05) is 32.7 Å². The number of piperazine rings is 1. The number of carbonyl (C=O) groups is 2. The molecule has 0 bridgehead atoms. The molecule has 27 heavy (non-hydrogen) atoms. The summed E-state index contributed by atoms with van der Waals surface area (Å²) in [5, 5.41) is 3.01. The summed E-state index contributed by atoms with van der Waals surface area (Å²) < 4.78 is 5.23. The van der Waals surface area contributed by atoms with Crippen molar-refractivity contribution in [2.75, 3.05) is 52.9 Å². The van der Waals surface area contributed by atoms with Crippen LogP contribution < -0.4 is 10.1 Å². The van der Waals surface area contributed by atoms with Gasteiger partial charge in [0.1, 0.15) is 12.3 Å². The molecule has 1 aromatic rings. The highest BCUT2D eigenvalue weighted by Crippen LogP contribution is 2.17. The van der Waals surface area contributed by atoms with E-state index >= 15 is 0 Å². The van der Waals surface area contributed by atoms with Gasteiger partial charge >= 0.3 is 6.03 Å². The number of methoxy groups -OCH3 is 1. The first-order valence-corrected chi connectivity index (χ1v) is 9.75. The Hall–Kier alpha value is -2.28. The van der Waals surface area contributed by atoms with Crippen LogP contribution in [-0.2, 0) is 11.3 Å². The molecule has 1 atom stereocenters. The maximum Gasteiger partial charge on any atom is 0.317 e. The second-order valence-electron chi connectivity index (χ2n) is 7.32. The van der Waals surface area contributed by atoms with Crippen molar-refractivity contribution in [3.8, 4) is 5.75 Å². The molecule has 2 aliphatic rings. The van der Waals surface area contributed by atoms with Gasteiger partial charge in [0.15, 0.2) is 0 Å². The van der Waals surface area contributed by atoms with Gasteiger partial charge in [0.25, 0.3) is 0 Å². The van der Waals surface area contributed by atoms with Gasteiger partial charge in [-0.05, 0) is 43.1 Å². The number of ether oxygens (including phenoxy) is 1. The van der Waals surface area contributed by atoms with Crippen LogP contribution in [0.1, 0.15) is 18.9 Å². The number of urea groups is 1. The Balaban J connectivity index is 1.45. The third-order valence-corrected chi connectivity index (χ3v) is 5.47. The van der Waals surface area contributed by atoms with Gasteiger partial charge in [0.05, 0.1) is 7.11 Å². The zero-order chi connectivity index (χ0) is 19.2. The standard InChI is InChI=1S/C20H30N4O3/c1-3-22-8-7-17(13-22)12-21-20(26)24-10-9-23(19(25)15-24)14-16-5-4-6-18(11-16)27-2/h4-6,11,17H,3,7-10,12-15H2,1-2H3,(H,21,26). The average molecular weight is 374 g/mol. The highest BCUT2D eigenvalue weighted by molar-refractivity contribution is 5.85. The second kappa shape index (κ2) is 9.08. The van der Waals surface area contributed by atoms with Gasteiger partial charge in [-0.15, -0.1) is 0 Å². The van der Waals surface area contributed by atoms with Crippen LogP contribution in [0.5, 0.6) is 5.75 Å². The Labute approximate surface area is 161 Å². The predicted molar refractivity (Wildman–Crippen MR) is 104 cm³/mol. The van der Waals surface area contributed by atoms with Crippen LogP contribution in [-0.4, -0.2) is 79.6 Å². The van der Waals surface area contributed by atoms with Crippen LogP contribution in [0.2, 0.25) is 0 Å². The highest BCUT2D eigenvalue weighted by atomic mass is 16.5. The van der Waals surface area contributed by atoms with Crippen molar-refractivity contribution < 1.29 is 14.3 Å². The first kappa shape index (κ1) is 19.5. The lowest BCUT2D eigenvalue weighted by Crippen LogP contribution is -2.54. The van der Waals surface area contributed by atoms with Crippen LogP contribution in [0, 0.1) is 5.92 Å². The fraction of sp³-hybridized carbons (Fsp3) is 0.600.